The van der Waals surface area contributed by atoms with Crippen LogP contribution in [0.1, 0.15) is 24.2 Å². The molecule has 1 aromatic rings. The molecule has 0 radical (unpaired) electrons. The molecule has 1 amide bonds. The minimum Gasteiger partial charge on any atom is -0.465 e. The van der Waals surface area contributed by atoms with Gasteiger partial charge in [0.05, 0.1) is 23.4 Å². The summed E-state index contributed by atoms with van der Waals surface area (Å²) < 4.78 is 0. The Morgan fingerprint density at radius 3 is 2.93 bits per heavy atom. The van der Waals surface area contributed by atoms with Gasteiger partial charge < -0.3 is 15.5 Å². The summed E-state index contributed by atoms with van der Waals surface area (Å²) in [5.41, 5.74) is 0.994. The Labute approximate surface area is 91.7 Å². The number of carboxylic acid groups (broad SMARTS) is 1. The number of aliphatic hydroxyl groups excluding tert-OH is 1. The van der Waals surface area contributed by atoms with Gasteiger partial charge in [-0.1, -0.05) is 11.6 Å². The zero-order valence-corrected chi connectivity index (χ0v) is 8.82. The molecule has 0 saturated carbocycles. The number of hydrogen-bond donors (Lipinski definition) is 3. The van der Waals surface area contributed by atoms with E-state index in [1.54, 1.807) is 13.0 Å². The van der Waals surface area contributed by atoms with Gasteiger partial charge in [-0.15, -0.1) is 0 Å². The van der Waals surface area contributed by atoms with Gasteiger partial charge in [-0.05, 0) is 13.0 Å². The first-order valence-corrected chi connectivity index (χ1v) is 4.67. The van der Waals surface area contributed by atoms with E-state index in [9.17, 15) is 4.79 Å². The van der Waals surface area contributed by atoms with Gasteiger partial charge in [0, 0.05) is 11.8 Å². The predicted octanol–water partition coefficient (Wildman–Crippen LogP) is 1.56. The second-order valence-electron chi connectivity index (χ2n) is 3.03. The van der Waals surface area contributed by atoms with Crippen molar-refractivity contribution in [2.24, 2.45) is 0 Å². The van der Waals surface area contributed by atoms with Gasteiger partial charge in [-0.3, -0.25) is 4.98 Å². The quantitative estimate of drug-likeness (QED) is 0.736. The molecule has 1 heterocycles. The van der Waals surface area contributed by atoms with Crippen LogP contribution in [0.25, 0.3) is 0 Å². The van der Waals surface area contributed by atoms with Crippen molar-refractivity contribution >= 4 is 17.7 Å². The summed E-state index contributed by atoms with van der Waals surface area (Å²) in [6.07, 6.45) is 0.277. The molecule has 0 bridgehead atoms. The Hall–Kier alpha value is -1.33. The second kappa shape index (κ2) is 4.95. The summed E-state index contributed by atoms with van der Waals surface area (Å²) in [7, 11) is 0. The van der Waals surface area contributed by atoms with Gasteiger partial charge in [0.2, 0.25) is 0 Å². The molecular formula is C9H11ClN2O3. The Morgan fingerprint density at radius 1 is 1.73 bits per heavy atom. The van der Waals surface area contributed by atoms with Crippen LogP contribution in [-0.2, 0) is 6.61 Å². The molecule has 6 heteroatoms. The number of pyridine rings is 1. The van der Waals surface area contributed by atoms with Crippen molar-refractivity contribution in [1.82, 2.24) is 10.3 Å². The fraction of sp³-hybridized carbons (Fsp3) is 0.333. The maximum atomic E-state index is 10.4. The number of nitrogens with zero attached hydrogens (tertiary/aromatic N) is 1. The van der Waals surface area contributed by atoms with E-state index in [0.717, 1.165) is 0 Å². The molecule has 15 heavy (non-hydrogen) atoms. The number of amides is 1. The van der Waals surface area contributed by atoms with Crippen LogP contribution in [0, 0.1) is 0 Å². The van der Waals surface area contributed by atoms with Crippen molar-refractivity contribution in [3.05, 3.63) is 28.5 Å². The van der Waals surface area contributed by atoms with Crippen LogP contribution in [0.3, 0.4) is 0 Å². The van der Waals surface area contributed by atoms with Crippen molar-refractivity contribution in [2.45, 2.75) is 19.6 Å². The first-order chi connectivity index (χ1) is 7.04. The SMILES string of the molecule is CC(NC(=O)O)c1ncc(Cl)cc1CO. The third kappa shape index (κ3) is 3.07. The molecule has 1 unspecified atom stereocenters. The van der Waals surface area contributed by atoms with Gasteiger partial charge in [-0.25, -0.2) is 4.79 Å². The van der Waals surface area contributed by atoms with Crippen LogP contribution >= 0.6 is 11.6 Å². The van der Waals surface area contributed by atoms with Crippen molar-refractivity contribution in [3.63, 3.8) is 0 Å². The Morgan fingerprint density at radius 2 is 2.40 bits per heavy atom. The summed E-state index contributed by atoms with van der Waals surface area (Å²) in [5.74, 6) is 0. The van der Waals surface area contributed by atoms with E-state index in [4.69, 9.17) is 21.8 Å². The molecule has 0 spiro atoms. The van der Waals surface area contributed by atoms with Crippen LogP contribution in [0.2, 0.25) is 5.02 Å². The maximum Gasteiger partial charge on any atom is 0.405 e. The minimum atomic E-state index is -1.14. The highest BCUT2D eigenvalue weighted by atomic mass is 35.5. The van der Waals surface area contributed by atoms with Crippen molar-refractivity contribution in [2.75, 3.05) is 0 Å². The second-order valence-corrected chi connectivity index (χ2v) is 3.46. The minimum absolute atomic E-state index is 0.228. The van der Waals surface area contributed by atoms with Crippen LogP contribution in [0.15, 0.2) is 12.3 Å². The van der Waals surface area contributed by atoms with Crippen molar-refractivity contribution in [3.8, 4) is 0 Å². The average molecular weight is 231 g/mol. The highest BCUT2D eigenvalue weighted by Crippen LogP contribution is 2.19. The smallest absolute Gasteiger partial charge is 0.405 e. The number of nitrogens with one attached hydrogen (secondary N) is 1. The maximum absolute atomic E-state index is 10.4. The molecule has 82 valence electrons. The summed E-state index contributed by atoms with van der Waals surface area (Å²) in [4.78, 5) is 14.4. The largest absolute Gasteiger partial charge is 0.465 e. The van der Waals surface area contributed by atoms with Crippen molar-refractivity contribution in [1.29, 1.82) is 0 Å². The fourth-order valence-corrected chi connectivity index (χ4v) is 1.44. The first kappa shape index (κ1) is 11.7. The van der Waals surface area contributed by atoms with Crippen LogP contribution in [0.5, 0.6) is 0 Å². The number of hydrogen-bond acceptors (Lipinski definition) is 3. The van der Waals surface area contributed by atoms with Gasteiger partial charge >= 0.3 is 6.09 Å². The lowest BCUT2D eigenvalue weighted by molar-refractivity contribution is 0.190. The zero-order chi connectivity index (χ0) is 11.4. The third-order valence-corrected chi connectivity index (χ3v) is 2.10. The van der Waals surface area contributed by atoms with E-state index >= 15 is 0 Å². The monoisotopic (exact) mass is 230 g/mol. The molecule has 1 atom stereocenters. The third-order valence-electron chi connectivity index (χ3n) is 1.89. The zero-order valence-electron chi connectivity index (χ0n) is 8.07. The summed E-state index contributed by atoms with van der Waals surface area (Å²) >= 11 is 5.70. The fourth-order valence-electron chi connectivity index (χ4n) is 1.26. The van der Waals surface area contributed by atoms with Gasteiger partial charge in [-0.2, -0.15) is 0 Å². The average Bonchev–Trinajstić information content (AvgIpc) is 2.16. The molecule has 1 aromatic heterocycles. The van der Waals surface area contributed by atoms with Gasteiger partial charge in [0.25, 0.3) is 0 Å². The number of rotatable bonds is 3. The summed E-state index contributed by atoms with van der Waals surface area (Å²) in [5, 5.41) is 20.2. The van der Waals surface area contributed by atoms with E-state index in [0.29, 0.717) is 16.3 Å². The van der Waals surface area contributed by atoms with E-state index in [2.05, 4.69) is 10.3 Å². The Balaban J connectivity index is 2.97. The predicted molar refractivity (Wildman–Crippen MR) is 54.7 cm³/mol. The topological polar surface area (TPSA) is 82.5 Å². The highest BCUT2D eigenvalue weighted by molar-refractivity contribution is 6.30. The molecule has 0 saturated heterocycles. The highest BCUT2D eigenvalue weighted by Gasteiger charge is 2.13. The van der Waals surface area contributed by atoms with Crippen LogP contribution in [-0.4, -0.2) is 21.3 Å². The van der Waals surface area contributed by atoms with Crippen molar-refractivity contribution < 1.29 is 15.0 Å². The molecule has 0 aromatic carbocycles. The molecule has 0 aliphatic carbocycles. The standard InChI is InChI=1S/C9H11ClN2O3/c1-5(12-9(14)15)8-6(4-13)2-7(10)3-11-8/h2-3,5,12-13H,4H2,1H3,(H,14,15). The normalized spacial score (nSPS) is 12.2. The lowest BCUT2D eigenvalue weighted by Crippen LogP contribution is -2.26. The molecular weight excluding hydrogens is 220 g/mol. The van der Waals surface area contributed by atoms with Crippen LogP contribution < -0.4 is 5.32 Å². The first-order valence-electron chi connectivity index (χ1n) is 4.29. The Kier molecular flexibility index (Phi) is 3.88. The number of carbonyl (C=O) groups is 1. The number of aliphatic hydroxyl groups is 1. The van der Waals surface area contributed by atoms with E-state index in [1.807, 2.05) is 0 Å². The summed E-state index contributed by atoms with van der Waals surface area (Å²) in [6, 6.07) is 1.08. The molecule has 1 rings (SSSR count). The van der Waals surface area contributed by atoms with E-state index in [1.165, 1.54) is 6.20 Å². The summed E-state index contributed by atoms with van der Waals surface area (Å²) in [6.45, 7) is 1.41. The molecule has 0 aliphatic rings. The molecule has 3 N–H and O–H groups in total. The number of halogens is 1. The lowest BCUT2D eigenvalue weighted by atomic mass is 10.1. The molecule has 0 fully saturated rings. The molecule has 5 nitrogen and oxygen atoms in total. The van der Waals surface area contributed by atoms with Gasteiger partial charge in [0.15, 0.2) is 0 Å². The van der Waals surface area contributed by atoms with Gasteiger partial charge in [0.1, 0.15) is 0 Å². The van der Waals surface area contributed by atoms with E-state index < -0.39 is 12.1 Å². The number of aromatic nitrogens is 1. The van der Waals surface area contributed by atoms with E-state index in [-0.39, 0.29) is 6.61 Å². The Bertz CT molecular complexity index is 370. The lowest BCUT2D eigenvalue weighted by Gasteiger charge is -2.14. The van der Waals surface area contributed by atoms with Crippen LogP contribution in [0.4, 0.5) is 4.79 Å². The molecule has 0 aliphatic heterocycles.